The molecule has 0 aliphatic heterocycles. The van der Waals surface area contributed by atoms with Crippen LogP contribution >= 0.6 is 22.6 Å². The molecule has 16 heavy (non-hydrogen) atoms. The van der Waals surface area contributed by atoms with E-state index in [0.717, 1.165) is 17.9 Å². The Hall–Kier alpha value is -0.250. The van der Waals surface area contributed by atoms with E-state index in [9.17, 15) is 0 Å². The van der Waals surface area contributed by atoms with Gasteiger partial charge in [-0.2, -0.15) is 0 Å². The number of aryl methyl sites for hydroxylation is 1. The fourth-order valence-corrected chi connectivity index (χ4v) is 3.15. The molecule has 0 amide bonds. The molecule has 0 spiro atoms. The zero-order valence-electron chi connectivity index (χ0n) is 9.67. The summed E-state index contributed by atoms with van der Waals surface area (Å²) in [4.78, 5) is 0. The third-order valence-corrected chi connectivity index (χ3v) is 4.44. The molecule has 0 heterocycles. The molecule has 0 unspecified atom stereocenters. The van der Waals surface area contributed by atoms with Crippen molar-refractivity contribution in [3.63, 3.8) is 0 Å². The number of nitrogens with one attached hydrogen (secondary N) is 1. The van der Waals surface area contributed by atoms with Crippen LogP contribution in [-0.2, 0) is 0 Å². The van der Waals surface area contributed by atoms with E-state index < -0.39 is 0 Å². The Balaban J connectivity index is 1.76. The van der Waals surface area contributed by atoms with E-state index in [1.807, 2.05) is 0 Å². The monoisotopic (exact) mass is 327 g/mol. The molecule has 1 nitrogen and oxygen atoms in total. The first kappa shape index (κ1) is 10.9. The summed E-state index contributed by atoms with van der Waals surface area (Å²) in [5.41, 5.74) is 2.74. The van der Waals surface area contributed by atoms with Crippen molar-refractivity contribution in [2.24, 2.45) is 11.8 Å². The smallest absolute Gasteiger partial charge is 0.0372 e. The minimum atomic E-state index is 0.763. The molecule has 0 saturated heterocycles. The summed E-state index contributed by atoms with van der Waals surface area (Å²) in [5.74, 6) is 1.93. The van der Waals surface area contributed by atoms with E-state index in [1.54, 1.807) is 0 Å². The third kappa shape index (κ3) is 2.36. The Morgan fingerprint density at radius 3 is 2.31 bits per heavy atom. The van der Waals surface area contributed by atoms with Gasteiger partial charge in [0.2, 0.25) is 0 Å². The number of hydrogen-bond acceptors (Lipinski definition) is 1. The van der Waals surface area contributed by atoms with Crippen LogP contribution in [0.15, 0.2) is 18.2 Å². The lowest BCUT2D eigenvalue weighted by Gasteiger charge is -2.20. The minimum Gasteiger partial charge on any atom is -0.382 e. The fourth-order valence-electron chi connectivity index (χ4n) is 2.50. The Bertz CT molecular complexity index is 382. The summed E-state index contributed by atoms with van der Waals surface area (Å²) in [6.45, 7) is 2.21. The first-order valence-corrected chi connectivity index (χ1v) is 7.34. The molecule has 1 aromatic rings. The SMILES string of the molecule is Cc1cc(I)ccc1NC(C1CC1)C1CC1. The average Bonchev–Trinajstić information content (AvgIpc) is 3.11. The Morgan fingerprint density at radius 1 is 1.19 bits per heavy atom. The molecular weight excluding hydrogens is 309 g/mol. The van der Waals surface area contributed by atoms with E-state index in [0.29, 0.717) is 0 Å². The van der Waals surface area contributed by atoms with Crippen LogP contribution in [0.1, 0.15) is 31.2 Å². The summed E-state index contributed by atoms with van der Waals surface area (Å²) >= 11 is 2.38. The zero-order chi connectivity index (χ0) is 11.1. The second-order valence-corrected chi connectivity index (χ2v) is 6.55. The molecule has 2 aliphatic carbocycles. The number of halogens is 1. The molecule has 1 N–H and O–H groups in total. The van der Waals surface area contributed by atoms with Gasteiger partial charge in [0.25, 0.3) is 0 Å². The van der Waals surface area contributed by atoms with Gasteiger partial charge in [0.1, 0.15) is 0 Å². The van der Waals surface area contributed by atoms with Crippen LogP contribution in [0.2, 0.25) is 0 Å². The van der Waals surface area contributed by atoms with Gasteiger partial charge in [-0.3, -0.25) is 0 Å². The molecule has 0 aromatic heterocycles. The second-order valence-electron chi connectivity index (χ2n) is 5.30. The normalized spacial score (nSPS) is 20.2. The van der Waals surface area contributed by atoms with Gasteiger partial charge >= 0.3 is 0 Å². The van der Waals surface area contributed by atoms with E-state index in [-0.39, 0.29) is 0 Å². The van der Waals surface area contributed by atoms with Crippen molar-refractivity contribution in [1.29, 1.82) is 0 Å². The first-order valence-electron chi connectivity index (χ1n) is 6.27. The Labute approximate surface area is 111 Å². The number of anilines is 1. The highest BCUT2D eigenvalue weighted by molar-refractivity contribution is 14.1. The molecule has 1 aromatic carbocycles. The lowest BCUT2D eigenvalue weighted by Crippen LogP contribution is -2.24. The Kier molecular flexibility index (Phi) is 2.86. The van der Waals surface area contributed by atoms with Crippen LogP contribution in [0.5, 0.6) is 0 Å². The summed E-state index contributed by atoms with van der Waals surface area (Å²) in [6.07, 6.45) is 5.77. The van der Waals surface area contributed by atoms with Crippen molar-refractivity contribution in [3.05, 3.63) is 27.3 Å². The molecule has 86 valence electrons. The molecule has 2 saturated carbocycles. The van der Waals surface area contributed by atoms with Gasteiger partial charge in [-0.05, 0) is 90.8 Å². The molecule has 0 atom stereocenters. The second kappa shape index (κ2) is 4.21. The Morgan fingerprint density at radius 2 is 1.81 bits per heavy atom. The van der Waals surface area contributed by atoms with Crippen molar-refractivity contribution < 1.29 is 0 Å². The average molecular weight is 327 g/mol. The molecular formula is C14H18IN. The van der Waals surface area contributed by atoms with Crippen molar-refractivity contribution >= 4 is 28.3 Å². The van der Waals surface area contributed by atoms with Gasteiger partial charge in [0.05, 0.1) is 0 Å². The van der Waals surface area contributed by atoms with Crippen LogP contribution in [0.25, 0.3) is 0 Å². The summed E-state index contributed by atoms with van der Waals surface area (Å²) in [5, 5.41) is 3.80. The van der Waals surface area contributed by atoms with Gasteiger partial charge < -0.3 is 5.32 Å². The highest BCUT2D eigenvalue weighted by Gasteiger charge is 2.41. The fraction of sp³-hybridized carbons (Fsp3) is 0.571. The maximum absolute atomic E-state index is 3.80. The van der Waals surface area contributed by atoms with Gasteiger partial charge in [-0.1, -0.05) is 0 Å². The number of rotatable bonds is 4. The summed E-state index contributed by atoms with van der Waals surface area (Å²) < 4.78 is 1.33. The summed E-state index contributed by atoms with van der Waals surface area (Å²) in [6, 6.07) is 7.47. The van der Waals surface area contributed by atoms with E-state index in [1.165, 1.54) is 40.5 Å². The zero-order valence-corrected chi connectivity index (χ0v) is 11.8. The molecule has 0 radical (unpaired) electrons. The first-order chi connectivity index (χ1) is 7.74. The molecule has 2 fully saturated rings. The lowest BCUT2D eigenvalue weighted by atomic mass is 10.1. The van der Waals surface area contributed by atoms with Crippen LogP contribution in [0, 0.1) is 22.3 Å². The maximum atomic E-state index is 3.80. The third-order valence-electron chi connectivity index (χ3n) is 3.77. The topological polar surface area (TPSA) is 12.0 Å². The maximum Gasteiger partial charge on any atom is 0.0372 e. The lowest BCUT2D eigenvalue weighted by molar-refractivity contribution is 0.567. The largest absolute Gasteiger partial charge is 0.382 e. The van der Waals surface area contributed by atoms with Gasteiger partial charge in [-0.15, -0.1) is 0 Å². The predicted molar refractivity (Wildman–Crippen MR) is 76.8 cm³/mol. The van der Waals surface area contributed by atoms with Crippen LogP contribution in [-0.4, -0.2) is 6.04 Å². The van der Waals surface area contributed by atoms with E-state index in [4.69, 9.17) is 0 Å². The van der Waals surface area contributed by atoms with Gasteiger partial charge in [0.15, 0.2) is 0 Å². The van der Waals surface area contributed by atoms with Crippen molar-refractivity contribution in [1.82, 2.24) is 0 Å². The number of hydrogen-bond donors (Lipinski definition) is 1. The highest BCUT2D eigenvalue weighted by atomic mass is 127. The van der Waals surface area contributed by atoms with Crippen molar-refractivity contribution in [2.75, 3.05) is 5.32 Å². The molecule has 2 aliphatic rings. The van der Waals surface area contributed by atoms with Crippen molar-refractivity contribution in [2.45, 2.75) is 38.6 Å². The van der Waals surface area contributed by atoms with E-state index in [2.05, 4.69) is 53.0 Å². The van der Waals surface area contributed by atoms with Crippen molar-refractivity contribution in [3.8, 4) is 0 Å². The number of benzene rings is 1. The highest BCUT2D eigenvalue weighted by Crippen LogP contribution is 2.46. The molecule has 3 rings (SSSR count). The minimum absolute atomic E-state index is 0.763. The van der Waals surface area contributed by atoms with E-state index >= 15 is 0 Å². The van der Waals surface area contributed by atoms with Crippen LogP contribution < -0.4 is 5.32 Å². The van der Waals surface area contributed by atoms with Crippen LogP contribution in [0.4, 0.5) is 5.69 Å². The van der Waals surface area contributed by atoms with Crippen LogP contribution in [0.3, 0.4) is 0 Å². The standard InChI is InChI=1S/C14H18IN/c1-9-8-12(15)6-7-13(9)16-14(10-2-3-10)11-4-5-11/h6-8,10-11,14,16H,2-5H2,1H3. The van der Waals surface area contributed by atoms with Gasteiger partial charge in [-0.25, -0.2) is 0 Å². The summed E-state index contributed by atoms with van der Waals surface area (Å²) in [7, 11) is 0. The quantitative estimate of drug-likeness (QED) is 0.818. The molecule has 0 bridgehead atoms. The predicted octanol–water partition coefficient (Wildman–Crippen LogP) is 4.20. The van der Waals surface area contributed by atoms with Gasteiger partial charge in [0, 0.05) is 15.3 Å². The molecule has 2 heteroatoms.